The fraction of sp³-hybridized carbons (Fsp3) is 0.400. The zero-order chi connectivity index (χ0) is 22.6. The molecule has 0 radical (unpaired) electrons. The number of carbonyl (C=O) groups excluding carboxylic acids is 1. The molecule has 0 bridgehead atoms. The summed E-state index contributed by atoms with van der Waals surface area (Å²) >= 11 is 0. The molecule has 0 aliphatic carbocycles. The number of pyridine rings is 1. The molecular formula is C25H28FN5O2. The molecule has 2 aliphatic heterocycles. The Morgan fingerprint density at radius 2 is 2.00 bits per heavy atom. The lowest BCUT2D eigenvalue weighted by atomic mass is 9.96. The summed E-state index contributed by atoms with van der Waals surface area (Å²) in [6.07, 6.45) is 6.22. The summed E-state index contributed by atoms with van der Waals surface area (Å²) in [4.78, 5) is 19.1. The molecule has 8 heteroatoms. The average molecular weight is 450 g/mol. The smallest absolute Gasteiger partial charge is 0.271 e. The van der Waals surface area contributed by atoms with Gasteiger partial charge in [-0.05, 0) is 67.7 Å². The molecule has 1 unspecified atom stereocenters. The average Bonchev–Trinajstić information content (AvgIpc) is 3.39. The van der Waals surface area contributed by atoms with E-state index in [1.165, 1.54) is 12.1 Å². The molecular weight excluding hydrogens is 421 g/mol. The fourth-order valence-electron chi connectivity index (χ4n) is 4.59. The largest absolute Gasteiger partial charge is 0.486 e. The second kappa shape index (κ2) is 9.70. The quantitative estimate of drug-likeness (QED) is 0.600. The van der Waals surface area contributed by atoms with Crippen LogP contribution in [0.25, 0.3) is 0 Å². The number of benzene rings is 1. The van der Waals surface area contributed by atoms with E-state index < -0.39 is 0 Å². The van der Waals surface area contributed by atoms with Crippen molar-refractivity contribution in [1.82, 2.24) is 25.0 Å². The highest BCUT2D eigenvalue weighted by atomic mass is 19.1. The van der Waals surface area contributed by atoms with Gasteiger partial charge in [-0.2, -0.15) is 5.10 Å². The Bertz CT molecular complexity index is 1050. The van der Waals surface area contributed by atoms with Crippen molar-refractivity contribution in [3.05, 3.63) is 77.6 Å². The van der Waals surface area contributed by atoms with Crippen molar-refractivity contribution >= 4 is 5.91 Å². The van der Waals surface area contributed by atoms with Crippen LogP contribution in [0.1, 0.15) is 34.6 Å². The lowest BCUT2D eigenvalue weighted by Crippen LogP contribution is -2.38. The summed E-state index contributed by atoms with van der Waals surface area (Å²) in [7, 11) is 0. The highest BCUT2D eigenvalue weighted by molar-refractivity contribution is 5.92. The Balaban J connectivity index is 1.05. The molecule has 172 valence electrons. The number of nitrogens with one attached hydrogen (secondary N) is 1. The number of piperidine rings is 1. The number of rotatable bonds is 7. The Morgan fingerprint density at radius 3 is 2.73 bits per heavy atom. The highest BCUT2D eigenvalue weighted by Gasteiger charge is 2.27. The number of nitrogens with zero attached hydrogens (tertiary/aromatic N) is 4. The molecule has 1 aromatic carbocycles. The molecule has 1 N–H and O–H groups in total. The van der Waals surface area contributed by atoms with Crippen molar-refractivity contribution in [3.8, 4) is 5.75 Å². The van der Waals surface area contributed by atoms with Gasteiger partial charge in [0.15, 0.2) is 0 Å². The molecule has 1 fully saturated rings. The minimum atomic E-state index is -0.200. The minimum Gasteiger partial charge on any atom is -0.486 e. The molecule has 0 spiro atoms. The van der Waals surface area contributed by atoms with E-state index in [0.29, 0.717) is 24.7 Å². The van der Waals surface area contributed by atoms with Crippen molar-refractivity contribution in [2.24, 2.45) is 5.92 Å². The summed E-state index contributed by atoms with van der Waals surface area (Å²) in [5.41, 5.74) is 2.62. The van der Waals surface area contributed by atoms with E-state index in [-0.39, 0.29) is 17.8 Å². The Labute approximate surface area is 192 Å². The molecule has 7 nitrogen and oxygen atoms in total. The summed E-state index contributed by atoms with van der Waals surface area (Å²) in [5.74, 6) is 0.893. The van der Waals surface area contributed by atoms with E-state index in [1.54, 1.807) is 12.4 Å². The van der Waals surface area contributed by atoms with Crippen LogP contribution in [-0.2, 0) is 19.5 Å². The van der Waals surface area contributed by atoms with Crippen molar-refractivity contribution < 1.29 is 13.9 Å². The van der Waals surface area contributed by atoms with Crippen molar-refractivity contribution in [2.45, 2.75) is 38.5 Å². The fourth-order valence-corrected chi connectivity index (χ4v) is 4.59. The van der Waals surface area contributed by atoms with E-state index in [2.05, 4.69) is 20.3 Å². The molecule has 1 amide bonds. The molecule has 4 heterocycles. The number of fused-ring (bicyclic) bond motifs is 1. The molecule has 1 saturated heterocycles. The minimum absolute atomic E-state index is 0.00825. The normalized spacial score (nSPS) is 18.8. The van der Waals surface area contributed by atoms with Gasteiger partial charge >= 0.3 is 0 Å². The van der Waals surface area contributed by atoms with Crippen molar-refractivity contribution in [1.29, 1.82) is 0 Å². The van der Waals surface area contributed by atoms with E-state index in [0.717, 1.165) is 55.9 Å². The number of carbonyl (C=O) groups is 1. The topological polar surface area (TPSA) is 72.3 Å². The Hall–Kier alpha value is -3.26. The summed E-state index contributed by atoms with van der Waals surface area (Å²) < 4.78 is 20.9. The lowest BCUT2D eigenvalue weighted by Gasteiger charge is -2.32. The molecule has 3 aromatic rings. The number of likely N-dealkylation sites (tertiary alicyclic amines) is 1. The zero-order valence-corrected chi connectivity index (χ0v) is 18.5. The summed E-state index contributed by atoms with van der Waals surface area (Å²) in [6, 6.07) is 12.3. The van der Waals surface area contributed by atoms with Gasteiger partial charge in [0, 0.05) is 31.4 Å². The van der Waals surface area contributed by atoms with Gasteiger partial charge in [-0.3, -0.25) is 19.4 Å². The maximum atomic E-state index is 13.1. The van der Waals surface area contributed by atoms with Crippen molar-refractivity contribution in [3.63, 3.8) is 0 Å². The van der Waals surface area contributed by atoms with Gasteiger partial charge in [0.05, 0.1) is 12.7 Å². The maximum Gasteiger partial charge on any atom is 0.271 e. The number of amides is 1. The van der Waals surface area contributed by atoms with Crippen LogP contribution in [0.5, 0.6) is 5.75 Å². The summed E-state index contributed by atoms with van der Waals surface area (Å²) in [6.45, 7) is 4.09. The molecule has 1 atom stereocenters. The number of hydrogen-bond acceptors (Lipinski definition) is 5. The van der Waals surface area contributed by atoms with Gasteiger partial charge in [0.2, 0.25) is 0 Å². The first-order valence-corrected chi connectivity index (χ1v) is 11.5. The Kier molecular flexibility index (Phi) is 6.35. The predicted molar refractivity (Wildman–Crippen MR) is 121 cm³/mol. The van der Waals surface area contributed by atoms with Gasteiger partial charge in [-0.1, -0.05) is 12.1 Å². The second-order valence-corrected chi connectivity index (χ2v) is 8.89. The highest BCUT2D eigenvalue weighted by Crippen LogP contribution is 2.22. The lowest BCUT2D eigenvalue weighted by molar-refractivity contribution is 0.0928. The van der Waals surface area contributed by atoms with E-state index in [9.17, 15) is 9.18 Å². The van der Waals surface area contributed by atoms with Crippen LogP contribution in [0.15, 0.2) is 54.9 Å². The maximum absolute atomic E-state index is 13.1. The van der Waals surface area contributed by atoms with Crippen LogP contribution in [-0.4, -0.2) is 51.3 Å². The van der Waals surface area contributed by atoms with Gasteiger partial charge < -0.3 is 10.1 Å². The van der Waals surface area contributed by atoms with Crippen molar-refractivity contribution in [2.75, 3.05) is 19.6 Å². The number of ether oxygens (including phenoxy) is 1. The first-order chi connectivity index (χ1) is 16.1. The third kappa shape index (κ3) is 5.39. The molecule has 5 rings (SSSR count). The van der Waals surface area contributed by atoms with E-state index >= 15 is 0 Å². The standard InChI is InChI=1S/C25H28FN5O2/c26-20-5-3-19(4-6-20)16-30-10-7-18(8-11-30)14-28-25(32)24-13-21-12-23(17-31(21)29-24)33-22-2-1-9-27-15-22/h1-6,9,13,15,18,23H,7-8,10-12,14,16-17H2,(H,28,32). The monoisotopic (exact) mass is 449 g/mol. The SMILES string of the molecule is O=C(NCC1CCN(Cc2ccc(F)cc2)CC1)c1cc2n(n1)CC(Oc1cccnc1)C2. The van der Waals surface area contributed by atoms with Crippen LogP contribution in [0, 0.1) is 11.7 Å². The summed E-state index contributed by atoms with van der Waals surface area (Å²) in [5, 5.41) is 7.55. The van der Waals surface area contributed by atoms with Crippen LogP contribution in [0.4, 0.5) is 4.39 Å². The second-order valence-electron chi connectivity index (χ2n) is 8.89. The van der Waals surface area contributed by atoms with Gasteiger partial charge in [0.25, 0.3) is 5.91 Å². The molecule has 33 heavy (non-hydrogen) atoms. The molecule has 0 saturated carbocycles. The molecule has 2 aliphatic rings. The third-order valence-electron chi connectivity index (χ3n) is 6.42. The predicted octanol–water partition coefficient (Wildman–Crippen LogP) is 3.06. The van der Waals surface area contributed by atoms with Crippen LogP contribution >= 0.6 is 0 Å². The third-order valence-corrected chi connectivity index (χ3v) is 6.42. The van der Waals surface area contributed by atoms with E-state index in [4.69, 9.17) is 4.74 Å². The Morgan fingerprint density at radius 1 is 1.18 bits per heavy atom. The van der Waals surface area contributed by atoms with E-state index in [1.807, 2.05) is 35.0 Å². The van der Waals surface area contributed by atoms with Crippen LogP contribution < -0.4 is 10.1 Å². The van der Waals surface area contributed by atoms with Crippen LogP contribution in [0.3, 0.4) is 0 Å². The number of halogens is 1. The van der Waals surface area contributed by atoms with Gasteiger partial charge in [-0.25, -0.2) is 4.39 Å². The molecule has 2 aromatic heterocycles. The number of hydrogen-bond donors (Lipinski definition) is 1. The van der Waals surface area contributed by atoms with Gasteiger partial charge in [-0.15, -0.1) is 0 Å². The first kappa shape index (κ1) is 21.6. The van der Waals surface area contributed by atoms with Gasteiger partial charge in [0.1, 0.15) is 23.4 Å². The number of aromatic nitrogens is 3. The zero-order valence-electron chi connectivity index (χ0n) is 18.5. The first-order valence-electron chi connectivity index (χ1n) is 11.5. The van der Waals surface area contributed by atoms with Crippen LogP contribution in [0.2, 0.25) is 0 Å².